The minimum atomic E-state index is -0.248. The van der Waals surface area contributed by atoms with E-state index in [0.29, 0.717) is 36.5 Å². The van der Waals surface area contributed by atoms with Gasteiger partial charge in [-0.05, 0) is 26.1 Å². The molecule has 3 heterocycles. The van der Waals surface area contributed by atoms with Crippen molar-refractivity contribution < 1.29 is 4.79 Å². The van der Waals surface area contributed by atoms with Gasteiger partial charge in [-0.25, -0.2) is 0 Å². The summed E-state index contributed by atoms with van der Waals surface area (Å²) in [7, 11) is 2.11. The summed E-state index contributed by atoms with van der Waals surface area (Å²) in [6, 6.07) is 3.30. The fourth-order valence-electron chi connectivity index (χ4n) is 2.65. The third-order valence-corrected chi connectivity index (χ3v) is 4.25. The van der Waals surface area contributed by atoms with E-state index in [9.17, 15) is 4.79 Å². The lowest BCUT2D eigenvalue weighted by atomic mass is 10.3. The van der Waals surface area contributed by atoms with Gasteiger partial charge in [-0.3, -0.25) is 4.79 Å². The topological polar surface area (TPSA) is 112 Å². The molecule has 0 aromatic carbocycles. The number of aromatic nitrogens is 5. The predicted molar refractivity (Wildman–Crippen MR) is 102 cm³/mol. The Morgan fingerprint density at radius 3 is 2.48 bits per heavy atom. The molecule has 0 spiro atoms. The molecule has 0 bridgehead atoms. The number of hydrogen-bond donors (Lipinski definition) is 2. The van der Waals surface area contributed by atoms with Crippen LogP contribution in [0.15, 0.2) is 12.1 Å². The van der Waals surface area contributed by atoms with Crippen molar-refractivity contribution in [3.8, 4) is 0 Å². The zero-order chi connectivity index (χ0) is 19.2. The van der Waals surface area contributed by atoms with Gasteiger partial charge in [0.25, 0.3) is 5.91 Å². The number of piperazine rings is 1. The third-order valence-electron chi connectivity index (χ3n) is 4.25. The standard InChI is InChI=1S/C17H25N9O/c1-4-13-19-16(22-17(21-13)26-10-8-25(3)9-11-26)20-14-7-6-12(23-24-14)15(27)18-5-2/h6-7H,4-5,8-11H2,1-3H3,(H,18,27)(H,19,20,21,22,24). The summed E-state index contributed by atoms with van der Waals surface area (Å²) in [4.78, 5) is 29.7. The average Bonchev–Trinajstić information content (AvgIpc) is 2.69. The van der Waals surface area contributed by atoms with Gasteiger partial charge in [0.05, 0.1) is 0 Å². The molecule has 0 radical (unpaired) electrons. The molecule has 1 saturated heterocycles. The van der Waals surface area contributed by atoms with E-state index in [2.05, 4.69) is 52.6 Å². The zero-order valence-electron chi connectivity index (χ0n) is 15.9. The number of aryl methyl sites for hydroxylation is 1. The van der Waals surface area contributed by atoms with Crippen LogP contribution in [0.5, 0.6) is 0 Å². The third kappa shape index (κ3) is 4.85. The molecule has 10 heteroatoms. The molecular formula is C17H25N9O. The van der Waals surface area contributed by atoms with Crippen molar-refractivity contribution in [2.24, 2.45) is 0 Å². The van der Waals surface area contributed by atoms with Gasteiger partial charge in [0, 0.05) is 39.1 Å². The summed E-state index contributed by atoms with van der Waals surface area (Å²) in [5.41, 5.74) is 0.269. The van der Waals surface area contributed by atoms with E-state index in [1.807, 2.05) is 13.8 Å². The van der Waals surface area contributed by atoms with Gasteiger partial charge in [0.15, 0.2) is 11.5 Å². The molecule has 1 aliphatic rings. The van der Waals surface area contributed by atoms with Crippen molar-refractivity contribution in [2.45, 2.75) is 20.3 Å². The number of carbonyl (C=O) groups is 1. The summed E-state index contributed by atoms with van der Waals surface area (Å²) < 4.78 is 0. The first-order chi connectivity index (χ1) is 13.1. The minimum Gasteiger partial charge on any atom is -0.351 e. The number of amides is 1. The predicted octanol–water partition coefficient (Wildman–Crippen LogP) is 0.469. The van der Waals surface area contributed by atoms with Crippen LogP contribution in [0.2, 0.25) is 0 Å². The Balaban J connectivity index is 1.76. The van der Waals surface area contributed by atoms with Crippen LogP contribution in [-0.4, -0.2) is 75.7 Å². The Morgan fingerprint density at radius 1 is 1.07 bits per heavy atom. The normalized spacial score (nSPS) is 14.9. The maximum absolute atomic E-state index is 11.8. The van der Waals surface area contributed by atoms with Crippen LogP contribution in [0.4, 0.5) is 17.7 Å². The summed E-state index contributed by atoms with van der Waals surface area (Å²) in [6.45, 7) is 8.11. The fraction of sp³-hybridized carbons (Fsp3) is 0.529. The largest absolute Gasteiger partial charge is 0.351 e. The molecule has 144 valence electrons. The highest BCUT2D eigenvalue weighted by Crippen LogP contribution is 2.16. The molecule has 1 amide bonds. The molecule has 0 unspecified atom stereocenters. The van der Waals surface area contributed by atoms with Crippen molar-refractivity contribution in [1.82, 2.24) is 35.4 Å². The van der Waals surface area contributed by atoms with Crippen LogP contribution in [0.25, 0.3) is 0 Å². The number of rotatable bonds is 6. The molecule has 2 aromatic heterocycles. The van der Waals surface area contributed by atoms with Crippen molar-refractivity contribution >= 4 is 23.6 Å². The van der Waals surface area contributed by atoms with E-state index >= 15 is 0 Å². The summed E-state index contributed by atoms with van der Waals surface area (Å²) in [6.07, 6.45) is 0.708. The van der Waals surface area contributed by atoms with E-state index in [1.165, 1.54) is 0 Å². The second-order valence-electron chi connectivity index (χ2n) is 6.31. The smallest absolute Gasteiger partial charge is 0.271 e. The molecule has 3 rings (SSSR count). The zero-order valence-corrected chi connectivity index (χ0v) is 15.9. The second-order valence-corrected chi connectivity index (χ2v) is 6.31. The fourth-order valence-corrected chi connectivity index (χ4v) is 2.65. The minimum absolute atomic E-state index is 0.248. The molecule has 1 aliphatic heterocycles. The van der Waals surface area contributed by atoms with Crippen molar-refractivity contribution in [3.05, 3.63) is 23.7 Å². The van der Waals surface area contributed by atoms with E-state index in [4.69, 9.17) is 0 Å². The van der Waals surface area contributed by atoms with Gasteiger partial charge in [-0.2, -0.15) is 15.0 Å². The molecule has 0 atom stereocenters. The Morgan fingerprint density at radius 2 is 1.85 bits per heavy atom. The van der Waals surface area contributed by atoms with Crippen molar-refractivity contribution in [3.63, 3.8) is 0 Å². The van der Waals surface area contributed by atoms with E-state index in [0.717, 1.165) is 26.2 Å². The average molecular weight is 371 g/mol. The Labute approximate surface area is 158 Å². The lowest BCUT2D eigenvalue weighted by Gasteiger charge is -2.32. The lowest BCUT2D eigenvalue weighted by molar-refractivity contribution is 0.0950. The molecule has 1 fully saturated rings. The van der Waals surface area contributed by atoms with Crippen LogP contribution in [0.1, 0.15) is 30.2 Å². The SMILES string of the molecule is CCNC(=O)c1ccc(Nc2nc(CC)nc(N3CCN(C)CC3)n2)nn1. The van der Waals surface area contributed by atoms with E-state index in [1.54, 1.807) is 12.1 Å². The number of hydrogen-bond acceptors (Lipinski definition) is 9. The van der Waals surface area contributed by atoms with Crippen molar-refractivity contribution in [2.75, 3.05) is 50.0 Å². The van der Waals surface area contributed by atoms with Crippen molar-refractivity contribution in [1.29, 1.82) is 0 Å². The Kier molecular flexibility index (Phi) is 6.07. The molecular weight excluding hydrogens is 346 g/mol. The van der Waals surface area contributed by atoms with Gasteiger partial charge < -0.3 is 20.4 Å². The monoisotopic (exact) mass is 371 g/mol. The first kappa shape index (κ1) is 18.9. The van der Waals surface area contributed by atoms with Crippen LogP contribution in [0, 0.1) is 0 Å². The van der Waals surface area contributed by atoms with Crippen LogP contribution < -0.4 is 15.5 Å². The van der Waals surface area contributed by atoms with Gasteiger partial charge in [-0.1, -0.05) is 6.92 Å². The maximum atomic E-state index is 11.8. The molecule has 10 nitrogen and oxygen atoms in total. The molecule has 2 aromatic rings. The summed E-state index contributed by atoms with van der Waals surface area (Å²) in [5, 5.41) is 13.7. The van der Waals surface area contributed by atoms with E-state index < -0.39 is 0 Å². The Hall–Kier alpha value is -2.88. The Bertz CT molecular complexity index is 772. The van der Waals surface area contributed by atoms with Gasteiger partial charge in [0.2, 0.25) is 11.9 Å². The number of nitrogens with one attached hydrogen (secondary N) is 2. The van der Waals surface area contributed by atoms with Gasteiger partial charge >= 0.3 is 0 Å². The highest BCUT2D eigenvalue weighted by atomic mass is 16.1. The summed E-state index contributed by atoms with van der Waals surface area (Å²) >= 11 is 0. The number of nitrogens with zero attached hydrogens (tertiary/aromatic N) is 7. The van der Waals surface area contributed by atoms with Gasteiger partial charge in [0.1, 0.15) is 5.82 Å². The van der Waals surface area contributed by atoms with Crippen LogP contribution >= 0.6 is 0 Å². The first-order valence-corrected chi connectivity index (χ1v) is 9.16. The lowest BCUT2D eigenvalue weighted by Crippen LogP contribution is -2.45. The van der Waals surface area contributed by atoms with E-state index in [-0.39, 0.29) is 11.6 Å². The molecule has 0 aliphatic carbocycles. The number of anilines is 3. The molecule has 0 saturated carbocycles. The number of carbonyl (C=O) groups excluding carboxylic acids is 1. The van der Waals surface area contributed by atoms with Crippen LogP contribution in [-0.2, 0) is 6.42 Å². The first-order valence-electron chi connectivity index (χ1n) is 9.16. The maximum Gasteiger partial charge on any atom is 0.271 e. The highest BCUT2D eigenvalue weighted by molar-refractivity contribution is 5.92. The van der Waals surface area contributed by atoms with Gasteiger partial charge in [-0.15, -0.1) is 10.2 Å². The summed E-state index contributed by atoms with van der Waals surface area (Å²) in [5.74, 6) is 2.04. The van der Waals surface area contributed by atoms with Crippen LogP contribution in [0.3, 0.4) is 0 Å². The molecule has 27 heavy (non-hydrogen) atoms. The highest BCUT2D eigenvalue weighted by Gasteiger charge is 2.18. The number of likely N-dealkylation sites (N-methyl/N-ethyl adjacent to an activating group) is 1. The quantitative estimate of drug-likeness (QED) is 0.748. The second kappa shape index (κ2) is 8.67. The molecule has 2 N–H and O–H groups in total.